The molecule has 0 aromatic rings. The van der Waals surface area contributed by atoms with Crippen molar-refractivity contribution in [2.45, 2.75) is 248 Å². The van der Waals surface area contributed by atoms with Gasteiger partial charge in [-0.1, -0.05) is 109 Å². The Kier molecular flexibility index (Phi) is 36.6. The number of esters is 1. The number of allylic oxidation sites excluding steroid dienone is 2. The summed E-state index contributed by atoms with van der Waals surface area (Å²) in [6.07, 6.45) is 8.63. The number of nitrogens with one attached hydrogen (secondary N) is 4. The Morgan fingerprint density at radius 3 is 1.43 bits per heavy atom. The summed E-state index contributed by atoms with van der Waals surface area (Å²) in [7, 11) is 11.7. The van der Waals surface area contributed by atoms with Gasteiger partial charge in [0.25, 0.3) is 0 Å². The number of carbonyl (C=O) groups excluding carboxylic acids is 12. The maximum Gasteiger partial charge on any atom is 0.303 e. The topological polar surface area (TPSA) is 297 Å². The van der Waals surface area contributed by atoms with Gasteiger partial charge in [0.1, 0.15) is 66.5 Å². The van der Waals surface area contributed by atoms with E-state index in [4.69, 9.17) is 4.74 Å². The summed E-state index contributed by atoms with van der Waals surface area (Å²) in [6.45, 7) is 28.7. The van der Waals surface area contributed by atoms with Crippen LogP contribution in [0, 0.1) is 41.4 Å². The monoisotopic (exact) mass is 1330 g/mol. The molecule has 0 aromatic heterocycles. The Morgan fingerprint density at radius 1 is 0.500 bits per heavy atom. The average Bonchev–Trinajstić information content (AvgIpc) is 0.804. The van der Waals surface area contributed by atoms with Crippen LogP contribution in [0.25, 0.3) is 0 Å². The first-order valence-corrected chi connectivity index (χ1v) is 33.9. The number of hydrogen-bond acceptors (Lipinski definition) is 14. The van der Waals surface area contributed by atoms with Crippen molar-refractivity contribution in [2.75, 3.05) is 62.9 Å². The number of ether oxygens (including phenoxy) is 1. The maximum atomic E-state index is 15.6. The second-order valence-electron chi connectivity index (χ2n) is 28.3. The molecule has 0 unspecified atom stereocenters. The first-order chi connectivity index (χ1) is 43.6. The van der Waals surface area contributed by atoms with Gasteiger partial charge in [-0.3, -0.25) is 57.5 Å². The van der Waals surface area contributed by atoms with Gasteiger partial charge in [-0.15, -0.1) is 0 Å². The molecular weight excluding hydrogens is 1200 g/mol. The van der Waals surface area contributed by atoms with Crippen LogP contribution in [-0.4, -0.2) is 241 Å². The summed E-state index contributed by atoms with van der Waals surface area (Å²) in [4.78, 5) is 188. The summed E-state index contributed by atoms with van der Waals surface area (Å²) < 4.78 is 6.04. The van der Waals surface area contributed by atoms with Crippen molar-refractivity contribution in [2.24, 2.45) is 46.4 Å². The molecule has 1 saturated heterocycles. The van der Waals surface area contributed by atoms with Crippen LogP contribution in [-0.2, 0) is 62.3 Å². The number of rotatable bonds is 21. The highest BCUT2D eigenvalue weighted by molar-refractivity contribution is 5.99. The molecule has 1 aliphatic heterocycles. The third-order valence-corrected chi connectivity index (χ3v) is 17.4. The lowest BCUT2D eigenvalue weighted by atomic mass is 9.91. The van der Waals surface area contributed by atoms with Gasteiger partial charge in [-0.25, -0.2) is 0 Å². The van der Waals surface area contributed by atoms with Gasteiger partial charge >= 0.3 is 5.97 Å². The summed E-state index contributed by atoms with van der Waals surface area (Å²) in [6, 6.07) is -12.6. The summed E-state index contributed by atoms with van der Waals surface area (Å²) in [5.74, 6) is -10.7. The van der Waals surface area contributed by atoms with Gasteiger partial charge in [0.05, 0.1) is 6.54 Å². The number of hydrogen-bond donors (Lipinski definition) is 4. The standard InChI is InChI=1S/C69H122N12O13/c1-26-50-65(89)75(19)39-55(83)76(20)51(35-40(2)3)62(86)74-56(44(10)11)68(92)77(21)52(36-41(4)5)61(85)71-47(15)60(84)72-48(16)64(88)78(22)53(37-42(6)7)66(90)79(23)54(38-43(8)9)67(91)80(24)57(45(12)13)69(93)81(25)58(63(87)73-50)59(94-49(17)82)46(14)33-31-29-27-28-30-32-34-70-18/h29,31,34,40-48,50-54,56-59H,26-28,30,32-33,35-39H2,1-25H3,(H,71,85)(H,72,84)(H,73,87)(H,74,86)/b31-29+,70-34+/t46-,47-,48+,50+,51+,52-,53+,54+,56-,57+,58+,59-/m1/s1. The van der Waals surface area contributed by atoms with E-state index < -0.39 is 162 Å². The van der Waals surface area contributed by atoms with Gasteiger partial charge in [0.15, 0.2) is 0 Å². The quantitative estimate of drug-likeness (QED) is 0.0505. The van der Waals surface area contributed by atoms with E-state index >= 15 is 19.2 Å². The zero-order valence-electron chi connectivity index (χ0n) is 61.8. The minimum Gasteiger partial charge on any atom is -0.459 e. The Hall–Kier alpha value is -6.95. The lowest BCUT2D eigenvalue weighted by Gasteiger charge is -2.42. The first-order valence-electron chi connectivity index (χ1n) is 33.9. The SMILES string of the molecule is CC[C@@H]1NC(=O)[C@H]([C@H](OC(C)=O)[C@H](C)C/C=C/CCCC/C=N/C)N(C)C(=O)[C@H](C(C)C)N(C)C(=O)[C@H](CC(C)C)N(C)C(=O)[C@H](CC(C)C)N(C)C(=O)[C@H](C)NC(=O)[C@@H](C)NC(=O)[C@@H](CC(C)C)N(C)C(=O)[C@@H](C(C)C)NC(=O)[C@H](CC(C)C)N(C)C(=O)CN(C)C1=O. The normalized spacial score (nSPS) is 25.5. The van der Waals surface area contributed by atoms with Crippen LogP contribution in [0.4, 0.5) is 0 Å². The van der Waals surface area contributed by atoms with Crippen molar-refractivity contribution in [3.8, 4) is 0 Å². The molecule has 94 heavy (non-hydrogen) atoms. The molecule has 1 aliphatic rings. The van der Waals surface area contributed by atoms with Crippen molar-refractivity contribution in [1.29, 1.82) is 0 Å². The van der Waals surface area contributed by atoms with Crippen LogP contribution in [0.5, 0.6) is 0 Å². The molecule has 0 radical (unpaired) electrons. The van der Waals surface area contributed by atoms with Crippen LogP contribution in [0.1, 0.15) is 182 Å². The largest absolute Gasteiger partial charge is 0.459 e. The molecule has 4 N–H and O–H groups in total. The summed E-state index contributed by atoms with van der Waals surface area (Å²) >= 11 is 0. The fourth-order valence-electron chi connectivity index (χ4n) is 11.7. The first kappa shape index (κ1) is 85.1. The fourth-order valence-corrected chi connectivity index (χ4v) is 11.7. The number of unbranched alkanes of at least 4 members (excludes halogenated alkanes) is 3. The molecule has 25 heteroatoms. The molecule has 0 spiro atoms. The van der Waals surface area contributed by atoms with E-state index in [-0.39, 0.29) is 55.8 Å². The Morgan fingerprint density at radius 2 is 0.947 bits per heavy atom. The molecule has 0 bridgehead atoms. The molecule has 25 nitrogen and oxygen atoms in total. The number of likely N-dealkylation sites (N-methyl/N-ethyl adjacent to an activating group) is 7. The van der Waals surface area contributed by atoms with Crippen molar-refractivity contribution < 1.29 is 62.3 Å². The Bertz CT molecular complexity index is 2610. The van der Waals surface area contributed by atoms with E-state index in [0.29, 0.717) is 6.42 Å². The van der Waals surface area contributed by atoms with Crippen molar-refractivity contribution >= 4 is 77.2 Å². The van der Waals surface area contributed by atoms with Gasteiger partial charge in [-0.2, -0.15) is 0 Å². The van der Waals surface area contributed by atoms with Crippen LogP contribution < -0.4 is 21.3 Å². The molecule has 1 fully saturated rings. The van der Waals surface area contributed by atoms with E-state index in [1.54, 1.807) is 48.6 Å². The summed E-state index contributed by atoms with van der Waals surface area (Å²) in [5, 5.41) is 11.1. The van der Waals surface area contributed by atoms with Crippen molar-refractivity contribution in [1.82, 2.24) is 55.6 Å². The minimum absolute atomic E-state index is 0.00847. The Balaban J connectivity index is 4.46. The highest BCUT2D eigenvalue weighted by Gasteiger charge is 2.47. The highest BCUT2D eigenvalue weighted by atomic mass is 16.5. The van der Waals surface area contributed by atoms with Crippen LogP contribution in [0.3, 0.4) is 0 Å². The average molecular weight is 1330 g/mol. The molecule has 0 aliphatic carbocycles. The number of amides is 11. The molecule has 536 valence electrons. The molecule has 0 aromatic carbocycles. The van der Waals surface area contributed by atoms with Crippen molar-refractivity contribution in [3.05, 3.63) is 12.2 Å². The summed E-state index contributed by atoms with van der Waals surface area (Å²) in [5.41, 5.74) is 0. The third kappa shape index (κ3) is 25.6. The van der Waals surface area contributed by atoms with Gasteiger partial charge < -0.3 is 65.3 Å². The Labute approximate surface area is 562 Å². The van der Waals surface area contributed by atoms with Gasteiger partial charge in [0.2, 0.25) is 65.0 Å². The van der Waals surface area contributed by atoms with Gasteiger partial charge in [0, 0.05) is 63.3 Å². The lowest BCUT2D eigenvalue weighted by Crippen LogP contribution is -2.64. The number of carbonyl (C=O) groups is 12. The second kappa shape index (κ2) is 40.4. The predicted octanol–water partition coefficient (Wildman–Crippen LogP) is 5.08. The van der Waals surface area contributed by atoms with E-state index in [0.717, 1.165) is 35.5 Å². The van der Waals surface area contributed by atoms with Crippen LogP contribution >= 0.6 is 0 Å². The fraction of sp³-hybridized carbons (Fsp3) is 0.783. The van der Waals surface area contributed by atoms with Crippen LogP contribution in [0.15, 0.2) is 17.1 Å². The highest BCUT2D eigenvalue weighted by Crippen LogP contribution is 2.27. The molecule has 1 rings (SSSR count). The molecule has 12 atom stereocenters. The zero-order chi connectivity index (χ0) is 72.5. The number of aliphatic imine (C=N–C) groups is 1. The molecule has 1 heterocycles. The maximum absolute atomic E-state index is 15.6. The van der Waals surface area contributed by atoms with Crippen LogP contribution in [0.2, 0.25) is 0 Å². The lowest BCUT2D eigenvalue weighted by molar-refractivity contribution is -0.164. The third-order valence-electron chi connectivity index (χ3n) is 17.4. The van der Waals surface area contributed by atoms with E-state index in [1.165, 1.54) is 94.6 Å². The predicted molar refractivity (Wildman–Crippen MR) is 365 cm³/mol. The smallest absolute Gasteiger partial charge is 0.303 e. The van der Waals surface area contributed by atoms with E-state index in [1.807, 2.05) is 73.8 Å². The second-order valence-corrected chi connectivity index (χ2v) is 28.3. The van der Waals surface area contributed by atoms with E-state index in [2.05, 4.69) is 26.3 Å². The molecular formula is C69H122N12O13. The molecule has 11 amide bonds. The minimum atomic E-state index is -1.62. The molecule has 0 saturated carbocycles. The van der Waals surface area contributed by atoms with Crippen molar-refractivity contribution in [3.63, 3.8) is 0 Å². The zero-order valence-corrected chi connectivity index (χ0v) is 61.8. The van der Waals surface area contributed by atoms with E-state index in [9.17, 15) is 38.4 Å². The number of nitrogens with zero attached hydrogens (tertiary/aromatic N) is 8. The van der Waals surface area contributed by atoms with Gasteiger partial charge in [-0.05, 0) is 126 Å².